The third-order valence-electron chi connectivity index (χ3n) is 4.55. The third kappa shape index (κ3) is 5.16. The predicted molar refractivity (Wildman–Crippen MR) is 109 cm³/mol. The molecule has 0 aliphatic carbocycles. The molecule has 27 heavy (non-hydrogen) atoms. The van der Waals surface area contributed by atoms with E-state index < -0.39 is 6.04 Å². The molecule has 2 aromatic rings. The molecule has 3 rings (SSSR count). The molecule has 1 N–H and O–H groups in total. The summed E-state index contributed by atoms with van der Waals surface area (Å²) in [7, 11) is 0. The Labute approximate surface area is 173 Å². The van der Waals surface area contributed by atoms with Gasteiger partial charge in [-0.25, -0.2) is 0 Å². The van der Waals surface area contributed by atoms with Crippen molar-refractivity contribution >= 4 is 46.6 Å². The summed E-state index contributed by atoms with van der Waals surface area (Å²) in [5.41, 5.74) is 1.49. The quantitative estimate of drug-likeness (QED) is 0.760. The number of rotatable bonds is 5. The largest absolute Gasteiger partial charge is 0.354 e. The van der Waals surface area contributed by atoms with E-state index >= 15 is 0 Å². The van der Waals surface area contributed by atoms with Crippen molar-refractivity contribution in [2.75, 3.05) is 13.1 Å². The Bertz CT molecular complexity index is 819. The normalized spacial score (nSPS) is 16.4. The van der Waals surface area contributed by atoms with Gasteiger partial charge in [-0.3, -0.25) is 9.59 Å². The minimum atomic E-state index is -0.472. The molecule has 142 valence electrons. The molecule has 1 saturated heterocycles. The lowest BCUT2D eigenvalue weighted by Gasteiger charge is -2.24. The van der Waals surface area contributed by atoms with Gasteiger partial charge >= 0.3 is 0 Å². The van der Waals surface area contributed by atoms with Crippen molar-refractivity contribution in [1.82, 2.24) is 10.2 Å². The van der Waals surface area contributed by atoms with E-state index in [4.69, 9.17) is 34.8 Å². The maximum atomic E-state index is 12.8. The number of carbonyl (C=O) groups is 2. The Hall–Kier alpha value is -1.75. The highest BCUT2D eigenvalue weighted by Gasteiger charge is 2.34. The zero-order chi connectivity index (χ0) is 19.4. The topological polar surface area (TPSA) is 49.4 Å². The molecule has 1 fully saturated rings. The predicted octanol–water partition coefficient (Wildman–Crippen LogP) is 4.61. The summed E-state index contributed by atoms with van der Waals surface area (Å²) in [6, 6.07) is 11.8. The lowest BCUT2D eigenvalue weighted by molar-refractivity contribution is -0.124. The number of hydrogen-bond acceptors (Lipinski definition) is 2. The monoisotopic (exact) mass is 424 g/mol. The summed E-state index contributed by atoms with van der Waals surface area (Å²) in [6.45, 7) is 1.04. The van der Waals surface area contributed by atoms with Crippen LogP contribution in [-0.2, 0) is 11.2 Å². The van der Waals surface area contributed by atoms with Gasteiger partial charge in [0.25, 0.3) is 5.91 Å². The molecule has 0 saturated carbocycles. The summed E-state index contributed by atoms with van der Waals surface area (Å²) in [6.07, 6.45) is 2.13. The van der Waals surface area contributed by atoms with Crippen LogP contribution in [0.15, 0.2) is 42.5 Å². The second kappa shape index (κ2) is 8.96. The maximum Gasteiger partial charge on any atom is 0.254 e. The first-order chi connectivity index (χ1) is 12.9. The van der Waals surface area contributed by atoms with E-state index in [9.17, 15) is 9.59 Å². The van der Waals surface area contributed by atoms with E-state index in [1.54, 1.807) is 23.1 Å². The molecule has 0 bridgehead atoms. The van der Waals surface area contributed by atoms with Crippen LogP contribution in [0.1, 0.15) is 28.8 Å². The maximum absolute atomic E-state index is 12.8. The minimum Gasteiger partial charge on any atom is -0.354 e. The number of nitrogens with zero attached hydrogens (tertiary/aromatic N) is 1. The van der Waals surface area contributed by atoms with Crippen molar-refractivity contribution in [2.24, 2.45) is 0 Å². The fraction of sp³-hybridized carbons (Fsp3) is 0.300. The van der Waals surface area contributed by atoms with Crippen molar-refractivity contribution < 1.29 is 9.59 Å². The van der Waals surface area contributed by atoms with E-state index in [0.29, 0.717) is 46.6 Å². The Balaban J connectivity index is 1.60. The van der Waals surface area contributed by atoms with Gasteiger partial charge < -0.3 is 10.2 Å². The molecule has 1 unspecified atom stereocenters. The Morgan fingerprint density at radius 1 is 1.00 bits per heavy atom. The Morgan fingerprint density at radius 2 is 1.67 bits per heavy atom. The number of halogens is 3. The van der Waals surface area contributed by atoms with Crippen LogP contribution >= 0.6 is 34.8 Å². The van der Waals surface area contributed by atoms with Crippen molar-refractivity contribution in [3.05, 3.63) is 68.7 Å². The van der Waals surface area contributed by atoms with E-state index in [-0.39, 0.29) is 11.8 Å². The summed E-state index contributed by atoms with van der Waals surface area (Å²) in [4.78, 5) is 27.0. The lowest BCUT2D eigenvalue weighted by atomic mass is 10.1. The van der Waals surface area contributed by atoms with E-state index in [1.807, 2.05) is 24.3 Å². The van der Waals surface area contributed by atoms with Crippen LogP contribution in [0.4, 0.5) is 0 Å². The molecule has 7 heteroatoms. The number of amides is 2. The van der Waals surface area contributed by atoms with Gasteiger partial charge in [0.05, 0.1) is 0 Å². The molecular weight excluding hydrogens is 407 g/mol. The molecule has 0 aromatic heterocycles. The second-order valence-corrected chi connectivity index (χ2v) is 7.79. The van der Waals surface area contributed by atoms with Gasteiger partial charge in [-0.15, -0.1) is 0 Å². The first kappa shape index (κ1) is 20.0. The molecule has 4 nitrogen and oxygen atoms in total. The van der Waals surface area contributed by atoms with Crippen molar-refractivity contribution in [1.29, 1.82) is 0 Å². The summed E-state index contributed by atoms with van der Waals surface area (Å²) in [5.74, 6) is -0.363. The first-order valence-corrected chi connectivity index (χ1v) is 9.86. The van der Waals surface area contributed by atoms with Crippen LogP contribution in [0.3, 0.4) is 0 Å². The van der Waals surface area contributed by atoms with Crippen LogP contribution in [-0.4, -0.2) is 35.8 Å². The summed E-state index contributed by atoms with van der Waals surface area (Å²) >= 11 is 17.9. The zero-order valence-electron chi connectivity index (χ0n) is 14.6. The highest BCUT2D eigenvalue weighted by Crippen LogP contribution is 2.24. The van der Waals surface area contributed by atoms with Crippen LogP contribution < -0.4 is 5.32 Å². The standard InChI is InChI=1S/C20H19Cl3N2O2/c21-15-5-3-13(4-6-15)7-8-24-19(26)18-2-1-9-25(18)20(27)14-10-16(22)12-17(23)11-14/h3-6,10-12,18H,1-2,7-9H2,(H,24,26). The van der Waals surface area contributed by atoms with E-state index in [2.05, 4.69) is 5.32 Å². The average Bonchev–Trinajstić information content (AvgIpc) is 3.11. The lowest BCUT2D eigenvalue weighted by Crippen LogP contribution is -2.46. The highest BCUT2D eigenvalue weighted by molar-refractivity contribution is 6.35. The van der Waals surface area contributed by atoms with Gasteiger partial charge in [0.15, 0.2) is 0 Å². The fourth-order valence-electron chi connectivity index (χ4n) is 3.22. The summed E-state index contributed by atoms with van der Waals surface area (Å²) < 4.78 is 0. The first-order valence-electron chi connectivity index (χ1n) is 8.73. The van der Waals surface area contributed by atoms with E-state index in [0.717, 1.165) is 12.0 Å². The highest BCUT2D eigenvalue weighted by atomic mass is 35.5. The smallest absolute Gasteiger partial charge is 0.254 e. The molecule has 1 aliphatic heterocycles. The molecule has 1 aliphatic rings. The summed E-state index contributed by atoms with van der Waals surface area (Å²) in [5, 5.41) is 4.41. The van der Waals surface area contributed by atoms with E-state index in [1.165, 1.54) is 0 Å². The van der Waals surface area contributed by atoms with Crippen molar-refractivity contribution in [3.8, 4) is 0 Å². The fourth-order valence-corrected chi connectivity index (χ4v) is 3.88. The van der Waals surface area contributed by atoms with Crippen LogP contribution in [0.2, 0.25) is 15.1 Å². The number of carbonyl (C=O) groups excluding carboxylic acids is 2. The van der Waals surface area contributed by atoms with Crippen molar-refractivity contribution in [2.45, 2.75) is 25.3 Å². The molecule has 1 atom stereocenters. The Morgan fingerprint density at radius 3 is 2.33 bits per heavy atom. The van der Waals surface area contributed by atoms with Crippen LogP contribution in [0.5, 0.6) is 0 Å². The van der Waals surface area contributed by atoms with Gasteiger partial charge in [-0.1, -0.05) is 46.9 Å². The number of likely N-dealkylation sites (tertiary alicyclic amines) is 1. The van der Waals surface area contributed by atoms with Crippen LogP contribution in [0, 0.1) is 0 Å². The number of nitrogens with one attached hydrogen (secondary N) is 1. The SMILES string of the molecule is O=C(NCCc1ccc(Cl)cc1)C1CCCN1C(=O)c1cc(Cl)cc(Cl)c1. The van der Waals surface area contributed by atoms with Gasteiger partial charge in [-0.2, -0.15) is 0 Å². The van der Waals surface area contributed by atoms with Gasteiger partial charge in [0, 0.05) is 33.7 Å². The Kier molecular flexibility index (Phi) is 6.64. The molecule has 0 spiro atoms. The molecule has 0 radical (unpaired) electrons. The average molecular weight is 426 g/mol. The van der Waals surface area contributed by atoms with Crippen LogP contribution in [0.25, 0.3) is 0 Å². The molecule has 2 aromatic carbocycles. The van der Waals surface area contributed by atoms with Gasteiger partial charge in [0.1, 0.15) is 6.04 Å². The molecule has 2 amide bonds. The van der Waals surface area contributed by atoms with Gasteiger partial charge in [0.2, 0.25) is 5.91 Å². The molecular formula is C20H19Cl3N2O2. The number of hydrogen-bond donors (Lipinski definition) is 1. The third-order valence-corrected chi connectivity index (χ3v) is 5.24. The molecule has 1 heterocycles. The van der Waals surface area contributed by atoms with Crippen molar-refractivity contribution in [3.63, 3.8) is 0 Å². The van der Waals surface area contributed by atoms with Gasteiger partial charge in [-0.05, 0) is 55.2 Å². The second-order valence-electron chi connectivity index (χ2n) is 6.48. The minimum absolute atomic E-state index is 0.136. The zero-order valence-corrected chi connectivity index (χ0v) is 16.8. The number of benzene rings is 2.